The third kappa shape index (κ3) is 2.68. The van der Waals surface area contributed by atoms with Crippen LogP contribution in [0.2, 0.25) is 0 Å². The van der Waals surface area contributed by atoms with Crippen molar-refractivity contribution in [1.29, 1.82) is 0 Å². The highest BCUT2D eigenvalue weighted by atomic mass is 16.5. The Morgan fingerprint density at radius 1 is 1.25 bits per heavy atom. The molecule has 0 aromatic heterocycles. The molecule has 20 heavy (non-hydrogen) atoms. The molecule has 1 fully saturated rings. The van der Waals surface area contributed by atoms with Crippen LogP contribution in [0.1, 0.15) is 30.1 Å². The van der Waals surface area contributed by atoms with Gasteiger partial charge in [-0.25, -0.2) is 0 Å². The number of carbonyl (C=O) groups is 1. The molecule has 3 heteroatoms. The number of hydrogen-bond donors (Lipinski definition) is 1. The summed E-state index contributed by atoms with van der Waals surface area (Å²) in [5.74, 6) is -0.0289. The first-order valence-electron chi connectivity index (χ1n) is 7.15. The SMILES string of the molecule is C[C@@H](NC(=O)c1ccc2ccccc2c1)[C@@H]1CCCO1. The summed E-state index contributed by atoms with van der Waals surface area (Å²) in [5, 5.41) is 5.28. The van der Waals surface area contributed by atoms with Crippen LogP contribution in [0.25, 0.3) is 10.8 Å². The molecular weight excluding hydrogens is 250 g/mol. The summed E-state index contributed by atoms with van der Waals surface area (Å²) < 4.78 is 5.61. The molecule has 104 valence electrons. The number of ether oxygens (including phenoxy) is 1. The summed E-state index contributed by atoms with van der Waals surface area (Å²) in [6.07, 6.45) is 2.26. The fraction of sp³-hybridized carbons (Fsp3) is 0.353. The molecule has 1 heterocycles. The van der Waals surface area contributed by atoms with Gasteiger partial charge >= 0.3 is 0 Å². The molecule has 3 nitrogen and oxygen atoms in total. The molecule has 0 bridgehead atoms. The van der Waals surface area contributed by atoms with Crippen molar-refractivity contribution in [3.05, 3.63) is 48.0 Å². The van der Waals surface area contributed by atoms with Gasteiger partial charge in [0.2, 0.25) is 0 Å². The van der Waals surface area contributed by atoms with E-state index in [1.54, 1.807) is 0 Å². The Balaban J connectivity index is 1.74. The first kappa shape index (κ1) is 13.1. The Morgan fingerprint density at radius 2 is 2.05 bits per heavy atom. The van der Waals surface area contributed by atoms with Crippen LogP contribution in [0, 0.1) is 0 Å². The van der Waals surface area contributed by atoms with Crippen molar-refractivity contribution in [3.63, 3.8) is 0 Å². The summed E-state index contributed by atoms with van der Waals surface area (Å²) in [5.41, 5.74) is 0.702. The molecule has 0 spiro atoms. The Labute approximate surface area is 118 Å². The first-order chi connectivity index (χ1) is 9.74. The maximum Gasteiger partial charge on any atom is 0.251 e. The van der Waals surface area contributed by atoms with Crippen LogP contribution in [0.5, 0.6) is 0 Å². The van der Waals surface area contributed by atoms with E-state index < -0.39 is 0 Å². The van der Waals surface area contributed by atoms with Crippen LogP contribution in [-0.2, 0) is 4.74 Å². The Bertz CT molecular complexity index is 617. The second-order valence-electron chi connectivity index (χ2n) is 5.38. The minimum atomic E-state index is -0.0289. The van der Waals surface area contributed by atoms with Crippen LogP contribution >= 0.6 is 0 Å². The number of fused-ring (bicyclic) bond motifs is 1. The van der Waals surface area contributed by atoms with Crippen molar-refractivity contribution in [2.24, 2.45) is 0 Å². The highest BCUT2D eigenvalue weighted by molar-refractivity contribution is 5.98. The van der Waals surface area contributed by atoms with Crippen LogP contribution in [0.3, 0.4) is 0 Å². The van der Waals surface area contributed by atoms with E-state index in [1.807, 2.05) is 49.4 Å². The quantitative estimate of drug-likeness (QED) is 0.929. The predicted molar refractivity (Wildman–Crippen MR) is 79.9 cm³/mol. The topological polar surface area (TPSA) is 38.3 Å². The van der Waals surface area contributed by atoms with Gasteiger partial charge in [0.05, 0.1) is 12.1 Å². The van der Waals surface area contributed by atoms with Gasteiger partial charge in [-0.05, 0) is 42.7 Å². The standard InChI is InChI=1S/C17H19NO2/c1-12(16-7-4-10-20-16)18-17(19)15-9-8-13-5-2-3-6-14(13)11-15/h2-3,5-6,8-9,11-12,16H,4,7,10H2,1H3,(H,18,19)/t12-,16+/m1/s1. The van der Waals surface area contributed by atoms with Gasteiger partial charge in [-0.3, -0.25) is 4.79 Å². The van der Waals surface area contributed by atoms with E-state index in [2.05, 4.69) is 5.32 Å². The molecule has 1 N–H and O–H groups in total. The van der Waals surface area contributed by atoms with Gasteiger partial charge in [-0.15, -0.1) is 0 Å². The molecule has 2 aromatic rings. The largest absolute Gasteiger partial charge is 0.376 e. The molecule has 0 radical (unpaired) electrons. The van der Waals surface area contributed by atoms with E-state index in [4.69, 9.17) is 4.74 Å². The van der Waals surface area contributed by atoms with Gasteiger partial charge in [-0.2, -0.15) is 0 Å². The van der Waals surface area contributed by atoms with Crippen LogP contribution < -0.4 is 5.32 Å². The normalized spacial score (nSPS) is 19.9. The zero-order valence-corrected chi connectivity index (χ0v) is 11.6. The monoisotopic (exact) mass is 269 g/mol. The molecule has 2 aromatic carbocycles. The fourth-order valence-electron chi connectivity index (χ4n) is 2.71. The number of benzene rings is 2. The Kier molecular flexibility index (Phi) is 3.70. The zero-order valence-electron chi connectivity index (χ0n) is 11.6. The van der Waals surface area contributed by atoms with Crippen molar-refractivity contribution in [2.45, 2.75) is 31.9 Å². The van der Waals surface area contributed by atoms with Gasteiger partial charge in [-0.1, -0.05) is 30.3 Å². The van der Waals surface area contributed by atoms with Crippen LogP contribution in [0.15, 0.2) is 42.5 Å². The average molecular weight is 269 g/mol. The minimum Gasteiger partial charge on any atom is -0.376 e. The number of carbonyl (C=O) groups excluding carboxylic acids is 1. The van der Waals surface area contributed by atoms with Crippen molar-refractivity contribution in [3.8, 4) is 0 Å². The van der Waals surface area contributed by atoms with E-state index in [0.717, 1.165) is 30.2 Å². The Morgan fingerprint density at radius 3 is 2.80 bits per heavy atom. The lowest BCUT2D eigenvalue weighted by Crippen LogP contribution is -2.40. The maximum atomic E-state index is 12.3. The van der Waals surface area contributed by atoms with E-state index in [-0.39, 0.29) is 18.1 Å². The molecule has 2 atom stereocenters. The van der Waals surface area contributed by atoms with E-state index in [0.29, 0.717) is 5.56 Å². The molecular formula is C17H19NO2. The molecule has 0 aliphatic carbocycles. The highest BCUT2D eigenvalue weighted by Gasteiger charge is 2.23. The van der Waals surface area contributed by atoms with Crippen molar-refractivity contribution in [1.82, 2.24) is 5.32 Å². The van der Waals surface area contributed by atoms with Crippen LogP contribution in [0.4, 0.5) is 0 Å². The highest BCUT2D eigenvalue weighted by Crippen LogP contribution is 2.18. The molecule has 1 saturated heterocycles. The average Bonchev–Trinajstić information content (AvgIpc) is 3.01. The van der Waals surface area contributed by atoms with Crippen LogP contribution in [-0.4, -0.2) is 24.7 Å². The van der Waals surface area contributed by atoms with Crippen molar-refractivity contribution < 1.29 is 9.53 Å². The lowest BCUT2D eigenvalue weighted by Gasteiger charge is -2.20. The lowest BCUT2D eigenvalue weighted by molar-refractivity contribution is 0.0712. The maximum absolute atomic E-state index is 12.3. The summed E-state index contributed by atoms with van der Waals surface area (Å²) in [6, 6.07) is 13.9. The summed E-state index contributed by atoms with van der Waals surface area (Å²) >= 11 is 0. The second kappa shape index (κ2) is 5.63. The van der Waals surface area contributed by atoms with Gasteiger partial charge in [0.1, 0.15) is 0 Å². The summed E-state index contributed by atoms with van der Waals surface area (Å²) in [6.45, 7) is 2.82. The second-order valence-corrected chi connectivity index (χ2v) is 5.38. The number of rotatable bonds is 3. The molecule has 1 amide bonds. The van der Waals surface area contributed by atoms with E-state index >= 15 is 0 Å². The summed E-state index contributed by atoms with van der Waals surface area (Å²) in [7, 11) is 0. The molecule has 0 saturated carbocycles. The Hall–Kier alpha value is -1.87. The fourth-order valence-corrected chi connectivity index (χ4v) is 2.71. The molecule has 1 aliphatic heterocycles. The van der Waals surface area contributed by atoms with Crippen molar-refractivity contribution in [2.75, 3.05) is 6.61 Å². The number of hydrogen-bond acceptors (Lipinski definition) is 2. The van der Waals surface area contributed by atoms with Gasteiger partial charge in [0, 0.05) is 12.2 Å². The minimum absolute atomic E-state index is 0.0289. The molecule has 0 unspecified atom stereocenters. The summed E-state index contributed by atoms with van der Waals surface area (Å²) in [4.78, 5) is 12.3. The lowest BCUT2D eigenvalue weighted by atomic mass is 10.1. The van der Waals surface area contributed by atoms with Gasteiger partial charge in [0.15, 0.2) is 0 Å². The smallest absolute Gasteiger partial charge is 0.251 e. The molecule has 3 rings (SSSR count). The first-order valence-corrected chi connectivity index (χ1v) is 7.15. The zero-order chi connectivity index (χ0) is 13.9. The predicted octanol–water partition coefficient (Wildman–Crippen LogP) is 3.14. The van der Waals surface area contributed by atoms with E-state index in [9.17, 15) is 4.79 Å². The molecule has 1 aliphatic rings. The third-order valence-corrected chi connectivity index (χ3v) is 3.89. The third-order valence-electron chi connectivity index (χ3n) is 3.89. The number of nitrogens with one attached hydrogen (secondary N) is 1. The van der Waals surface area contributed by atoms with E-state index in [1.165, 1.54) is 0 Å². The number of amides is 1. The van der Waals surface area contributed by atoms with Crippen molar-refractivity contribution >= 4 is 16.7 Å². The van der Waals surface area contributed by atoms with Gasteiger partial charge in [0.25, 0.3) is 5.91 Å². The van der Waals surface area contributed by atoms with Gasteiger partial charge < -0.3 is 10.1 Å².